The number of hydrogen-bond acceptors (Lipinski definition) is 3. The van der Waals surface area contributed by atoms with Crippen LogP contribution < -0.4 is 10.2 Å². The van der Waals surface area contributed by atoms with Gasteiger partial charge in [0.15, 0.2) is 0 Å². The Morgan fingerprint density at radius 3 is 2.05 bits per heavy atom. The lowest BCUT2D eigenvalue weighted by atomic mass is 9.99. The smallest absolute Gasteiger partial charge is 0.258 e. The van der Waals surface area contributed by atoms with Crippen LogP contribution in [-0.2, 0) is 6.54 Å². The van der Waals surface area contributed by atoms with Gasteiger partial charge in [-0.2, -0.15) is 0 Å². The van der Waals surface area contributed by atoms with Crippen LogP contribution in [-0.4, -0.2) is 16.9 Å². The number of hydrogen-bond donors (Lipinski definition) is 2. The molecule has 0 spiro atoms. The molecule has 0 fully saturated rings. The van der Waals surface area contributed by atoms with Crippen molar-refractivity contribution >= 4 is 23.2 Å². The fourth-order valence-electron chi connectivity index (χ4n) is 4.31. The van der Waals surface area contributed by atoms with Gasteiger partial charge in [0.05, 0.1) is 6.54 Å². The van der Waals surface area contributed by atoms with Crippen molar-refractivity contribution in [3.05, 3.63) is 150 Å². The molecule has 5 nitrogen and oxygen atoms in total. The highest BCUT2D eigenvalue weighted by Crippen LogP contribution is 2.26. The predicted octanol–water partition coefficient (Wildman–Crippen LogP) is 7.16. The Hall–Kier alpha value is -5.16. The quantitative estimate of drug-likeness (QED) is 0.250. The molecule has 5 aromatic carbocycles. The van der Waals surface area contributed by atoms with Crippen LogP contribution in [0.15, 0.2) is 133 Å². The van der Waals surface area contributed by atoms with Gasteiger partial charge in [0.2, 0.25) is 0 Å². The van der Waals surface area contributed by atoms with E-state index >= 15 is 0 Å². The molecule has 0 bridgehead atoms. The van der Waals surface area contributed by atoms with Gasteiger partial charge >= 0.3 is 0 Å². The summed E-state index contributed by atoms with van der Waals surface area (Å²) in [4.78, 5) is 28.3. The summed E-state index contributed by atoms with van der Waals surface area (Å²) < 4.78 is 0. The highest BCUT2D eigenvalue weighted by molar-refractivity contribution is 6.09. The van der Waals surface area contributed by atoms with Gasteiger partial charge in [-0.15, -0.1) is 0 Å². The molecule has 0 aliphatic rings. The van der Waals surface area contributed by atoms with E-state index in [9.17, 15) is 14.7 Å². The van der Waals surface area contributed by atoms with E-state index in [2.05, 4.69) is 5.32 Å². The molecule has 0 aromatic heterocycles. The molecule has 0 aliphatic carbocycles. The van der Waals surface area contributed by atoms with Crippen molar-refractivity contribution in [2.24, 2.45) is 0 Å². The van der Waals surface area contributed by atoms with E-state index < -0.39 is 0 Å². The zero-order chi connectivity index (χ0) is 26.3. The standard InChI is InChI=1S/C33H26N2O3/c36-29-15-9-14-28(22-29)35(23-24-10-3-1-4-11-24)33(38)26-18-20-27(21-19-26)34-32(37)31-17-8-7-16-30(31)25-12-5-2-6-13-25/h1-22,36H,23H2,(H,34,37). The van der Waals surface area contributed by atoms with Gasteiger partial charge in [0, 0.05) is 28.6 Å². The molecule has 0 unspecified atom stereocenters. The van der Waals surface area contributed by atoms with Crippen LogP contribution in [0.2, 0.25) is 0 Å². The van der Waals surface area contributed by atoms with Crippen molar-refractivity contribution < 1.29 is 14.7 Å². The number of phenols is 1. The van der Waals surface area contributed by atoms with Crippen molar-refractivity contribution in [2.75, 3.05) is 10.2 Å². The number of benzene rings is 5. The molecule has 0 radical (unpaired) electrons. The Bertz CT molecular complexity index is 1550. The van der Waals surface area contributed by atoms with Gasteiger partial charge in [-0.25, -0.2) is 0 Å². The first-order valence-corrected chi connectivity index (χ1v) is 12.3. The van der Waals surface area contributed by atoms with E-state index in [-0.39, 0.29) is 17.6 Å². The van der Waals surface area contributed by atoms with E-state index in [0.717, 1.165) is 16.7 Å². The normalized spacial score (nSPS) is 10.5. The predicted molar refractivity (Wildman–Crippen MR) is 151 cm³/mol. The number of nitrogens with one attached hydrogen (secondary N) is 1. The second kappa shape index (κ2) is 11.3. The van der Waals surface area contributed by atoms with Gasteiger partial charge < -0.3 is 15.3 Å². The number of rotatable bonds is 7. The number of carbonyl (C=O) groups is 2. The minimum absolute atomic E-state index is 0.0854. The Labute approximate surface area is 221 Å². The summed E-state index contributed by atoms with van der Waals surface area (Å²) in [6, 6.07) is 40.4. The average Bonchev–Trinajstić information content (AvgIpc) is 2.97. The third kappa shape index (κ3) is 5.63. The van der Waals surface area contributed by atoms with Crippen LogP contribution in [0, 0.1) is 0 Å². The number of aromatic hydroxyl groups is 1. The van der Waals surface area contributed by atoms with Crippen molar-refractivity contribution in [1.29, 1.82) is 0 Å². The van der Waals surface area contributed by atoms with Crippen LogP contribution in [0.3, 0.4) is 0 Å². The van der Waals surface area contributed by atoms with E-state index in [1.165, 1.54) is 0 Å². The van der Waals surface area contributed by atoms with E-state index in [4.69, 9.17) is 0 Å². The second-order valence-corrected chi connectivity index (χ2v) is 8.84. The number of anilines is 2. The maximum atomic E-state index is 13.6. The highest BCUT2D eigenvalue weighted by Gasteiger charge is 2.19. The van der Waals surface area contributed by atoms with Crippen LogP contribution >= 0.6 is 0 Å². The topological polar surface area (TPSA) is 69.6 Å². The van der Waals surface area contributed by atoms with Gasteiger partial charge in [-0.05, 0) is 59.2 Å². The number of phenolic OH excluding ortho intramolecular Hbond substituents is 1. The molecule has 5 aromatic rings. The largest absolute Gasteiger partial charge is 0.508 e. The first-order valence-electron chi connectivity index (χ1n) is 12.3. The summed E-state index contributed by atoms with van der Waals surface area (Å²) in [5.41, 5.74) is 4.98. The van der Waals surface area contributed by atoms with Gasteiger partial charge in [-0.1, -0.05) is 84.9 Å². The summed E-state index contributed by atoms with van der Waals surface area (Å²) in [7, 11) is 0. The van der Waals surface area contributed by atoms with Gasteiger partial charge in [-0.3, -0.25) is 9.59 Å². The Kier molecular flexibility index (Phi) is 7.27. The molecule has 0 aliphatic heterocycles. The van der Waals surface area contributed by atoms with Crippen molar-refractivity contribution in [2.45, 2.75) is 6.54 Å². The maximum absolute atomic E-state index is 13.6. The minimum atomic E-state index is -0.228. The molecular weight excluding hydrogens is 472 g/mol. The molecule has 2 N–H and O–H groups in total. The van der Waals surface area contributed by atoms with Crippen LogP contribution in [0.5, 0.6) is 5.75 Å². The molecule has 5 heteroatoms. The fourth-order valence-corrected chi connectivity index (χ4v) is 4.31. The maximum Gasteiger partial charge on any atom is 0.258 e. The van der Waals surface area contributed by atoms with E-state index in [0.29, 0.717) is 29.0 Å². The first-order chi connectivity index (χ1) is 18.6. The average molecular weight is 499 g/mol. The van der Waals surface area contributed by atoms with Crippen molar-refractivity contribution in [3.8, 4) is 16.9 Å². The molecule has 0 heterocycles. The highest BCUT2D eigenvalue weighted by atomic mass is 16.3. The Morgan fingerprint density at radius 1 is 0.684 bits per heavy atom. The first kappa shape index (κ1) is 24.5. The zero-order valence-electron chi connectivity index (χ0n) is 20.6. The van der Waals surface area contributed by atoms with Crippen LogP contribution in [0.1, 0.15) is 26.3 Å². The summed E-state index contributed by atoms with van der Waals surface area (Å²) in [5, 5.41) is 13.0. The molecule has 0 saturated heterocycles. The zero-order valence-corrected chi connectivity index (χ0v) is 20.6. The Balaban J connectivity index is 1.37. The van der Waals surface area contributed by atoms with Crippen LogP contribution in [0.25, 0.3) is 11.1 Å². The number of carbonyl (C=O) groups excluding carboxylic acids is 2. The molecule has 186 valence electrons. The number of amides is 2. The van der Waals surface area contributed by atoms with E-state index in [1.54, 1.807) is 59.5 Å². The molecular formula is C33H26N2O3. The fraction of sp³-hybridized carbons (Fsp3) is 0.0303. The summed E-state index contributed by atoms with van der Waals surface area (Å²) >= 11 is 0. The monoisotopic (exact) mass is 498 g/mol. The molecule has 0 atom stereocenters. The SMILES string of the molecule is O=C(Nc1ccc(C(=O)N(Cc2ccccc2)c2cccc(O)c2)cc1)c1ccccc1-c1ccccc1. The van der Waals surface area contributed by atoms with Crippen molar-refractivity contribution in [3.63, 3.8) is 0 Å². The lowest BCUT2D eigenvalue weighted by Gasteiger charge is -2.23. The third-order valence-electron chi connectivity index (χ3n) is 6.22. The molecule has 5 rings (SSSR count). The summed E-state index contributed by atoms with van der Waals surface area (Å²) in [6.07, 6.45) is 0. The lowest BCUT2D eigenvalue weighted by molar-refractivity contribution is 0.0984. The molecule has 38 heavy (non-hydrogen) atoms. The van der Waals surface area contributed by atoms with Crippen molar-refractivity contribution in [1.82, 2.24) is 0 Å². The second-order valence-electron chi connectivity index (χ2n) is 8.84. The molecule has 0 saturated carbocycles. The minimum Gasteiger partial charge on any atom is -0.508 e. The summed E-state index contributed by atoms with van der Waals surface area (Å²) in [6.45, 7) is 0.345. The van der Waals surface area contributed by atoms with Gasteiger partial charge in [0.25, 0.3) is 11.8 Å². The van der Waals surface area contributed by atoms with Gasteiger partial charge in [0.1, 0.15) is 5.75 Å². The molecule has 2 amide bonds. The lowest BCUT2D eigenvalue weighted by Crippen LogP contribution is -2.30. The summed E-state index contributed by atoms with van der Waals surface area (Å²) in [5.74, 6) is -0.358. The number of nitrogens with zero attached hydrogens (tertiary/aromatic N) is 1. The third-order valence-corrected chi connectivity index (χ3v) is 6.22. The van der Waals surface area contributed by atoms with Crippen LogP contribution in [0.4, 0.5) is 11.4 Å². The Morgan fingerprint density at radius 2 is 1.34 bits per heavy atom. The van der Waals surface area contributed by atoms with E-state index in [1.807, 2.05) is 78.9 Å².